The van der Waals surface area contributed by atoms with E-state index in [1.165, 1.54) is 12.1 Å². The molecule has 1 atom stereocenters. The maximum atomic E-state index is 13.6. The number of halogens is 2. The van der Waals surface area contributed by atoms with E-state index in [0.29, 0.717) is 29.6 Å². The average molecular weight is 285 g/mol. The maximum absolute atomic E-state index is 13.6. The smallest absolute Gasteiger partial charge is 0.255 e. The first kappa shape index (κ1) is 14.3. The van der Waals surface area contributed by atoms with Crippen LogP contribution in [0.2, 0.25) is 5.02 Å². The zero-order valence-electron chi connectivity index (χ0n) is 11.2. The Morgan fingerprint density at radius 2 is 2.32 bits per heavy atom. The third-order valence-corrected chi connectivity index (χ3v) is 3.86. The van der Waals surface area contributed by atoms with Crippen molar-refractivity contribution >= 4 is 17.5 Å². The van der Waals surface area contributed by atoms with Gasteiger partial charge in [-0.2, -0.15) is 0 Å². The van der Waals surface area contributed by atoms with Crippen molar-refractivity contribution in [2.24, 2.45) is 5.92 Å². The molecule has 1 aromatic rings. The zero-order valence-corrected chi connectivity index (χ0v) is 11.9. The van der Waals surface area contributed by atoms with E-state index in [1.54, 1.807) is 11.8 Å². The number of nitrogens with zero attached hydrogens (tertiary/aromatic N) is 1. The summed E-state index contributed by atoms with van der Waals surface area (Å²) in [6, 6.07) is 2.75. The van der Waals surface area contributed by atoms with Crippen molar-refractivity contribution in [1.29, 1.82) is 0 Å². The number of amides is 1. The second-order valence-electron chi connectivity index (χ2n) is 5.04. The first-order chi connectivity index (χ1) is 9.02. The molecule has 104 valence electrons. The third-order valence-electron chi connectivity index (χ3n) is 3.54. The number of hydrogen-bond donors (Lipinski definition) is 1. The normalized spacial score (nSPS) is 18.9. The molecule has 1 aliphatic heterocycles. The van der Waals surface area contributed by atoms with Crippen LogP contribution in [0.25, 0.3) is 0 Å². The topological polar surface area (TPSA) is 32.3 Å². The molecule has 2 rings (SSSR count). The van der Waals surface area contributed by atoms with Crippen molar-refractivity contribution in [3.05, 3.63) is 34.1 Å². The van der Waals surface area contributed by atoms with Crippen molar-refractivity contribution in [3.8, 4) is 0 Å². The minimum atomic E-state index is -0.390. The lowest BCUT2D eigenvalue weighted by molar-refractivity contribution is 0.0787. The van der Waals surface area contributed by atoms with E-state index in [0.717, 1.165) is 13.0 Å². The van der Waals surface area contributed by atoms with Crippen LogP contribution in [0.4, 0.5) is 4.39 Å². The Morgan fingerprint density at radius 1 is 1.58 bits per heavy atom. The summed E-state index contributed by atoms with van der Waals surface area (Å²) in [4.78, 5) is 14.1. The number of hydrogen-bond acceptors (Lipinski definition) is 2. The molecule has 3 nitrogen and oxygen atoms in total. The van der Waals surface area contributed by atoms with Crippen molar-refractivity contribution in [2.45, 2.75) is 13.3 Å². The summed E-state index contributed by atoms with van der Waals surface area (Å²) in [5.41, 5.74) is 0.714. The molecule has 5 heteroatoms. The largest absolute Gasteiger partial charge is 0.338 e. The van der Waals surface area contributed by atoms with E-state index in [2.05, 4.69) is 5.32 Å². The van der Waals surface area contributed by atoms with Crippen LogP contribution >= 0.6 is 11.6 Å². The standard InChI is InChI=1S/C14H18ClFN2O/c1-9-5-12(15)11(6-13(9)16)14(19)18-4-3-10(8-18)7-17-2/h5-6,10,17H,3-4,7-8H2,1-2H3. The molecule has 0 aliphatic carbocycles. The second-order valence-corrected chi connectivity index (χ2v) is 5.45. The van der Waals surface area contributed by atoms with Gasteiger partial charge in [-0.1, -0.05) is 11.6 Å². The second kappa shape index (κ2) is 5.88. The summed E-state index contributed by atoms with van der Waals surface area (Å²) < 4.78 is 13.6. The van der Waals surface area contributed by atoms with Gasteiger partial charge in [0.2, 0.25) is 0 Å². The minimum absolute atomic E-state index is 0.178. The molecular weight excluding hydrogens is 267 g/mol. The van der Waals surface area contributed by atoms with Gasteiger partial charge < -0.3 is 10.2 Å². The van der Waals surface area contributed by atoms with Gasteiger partial charge in [-0.15, -0.1) is 0 Å². The predicted molar refractivity (Wildman–Crippen MR) is 74.1 cm³/mol. The van der Waals surface area contributed by atoms with Gasteiger partial charge >= 0.3 is 0 Å². The number of nitrogens with one attached hydrogen (secondary N) is 1. The van der Waals surface area contributed by atoms with Gasteiger partial charge in [0.05, 0.1) is 10.6 Å². The quantitative estimate of drug-likeness (QED) is 0.925. The van der Waals surface area contributed by atoms with Crippen molar-refractivity contribution in [3.63, 3.8) is 0 Å². The van der Waals surface area contributed by atoms with Crippen molar-refractivity contribution < 1.29 is 9.18 Å². The van der Waals surface area contributed by atoms with Crippen LogP contribution in [0.15, 0.2) is 12.1 Å². The van der Waals surface area contributed by atoms with Gasteiger partial charge in [-0.3, -0.25) is 4.79 Å². The summed E-state index contributed by atoms with van der Waals surface area (Å²) in [5, 5.41) is 3.43. The first-order valence-corrected chi connectivity index (χ1v) is 6.80. The highest BCUT2D eigenvalue weighted by molar-refractivity contribution is 6.33. The average Bonchev–Trinajstić information content (AvgIpc) is 2.82. The Labute approximate surface area is 117 Å². The fourth-order valence-corrected chi connectivity index (χ4v) is 2.75. The Bertz CT molecular complexity index is 493. The molecule has 19 heavy (non-hydrogen) atoms. The molecule has 1 amide bonds. The van der Waals surface area contributed by atoms with Gasteiger partial charge in [-0.25, -0.2) is 4.39 Å². The van der Waals surface area contributed by atoms with Crippen LogP contribution < -0.4 is 5.32 Å². The number of carbonyl (C=O) groups excluding carboxylic acids is 1. The molecule has 1 heterocycles. The highest BCUT2D eigenvalue weighted by atomic mass is 35.5. The van der Waals surface area contributed by atoms with E-state index in [4.69, 9.17) is 11.6 Å². The van der Waals surface area contributed by atoms with E-state index in [-0.39, 0.29) is 11.5 Å². The lowest BCUT2D eigenvalue weighted by Crippen LogP contribution is -2.30. The summed E-state index contributed by atoms with van der Waals surface area (Å²) in [7, 11) is 1.90. The fourth-order valence-electron chi connectivity index (χ4n) is 2.45. The summed E-state index contributed by atoms with van der Waals surface area (Å²) in [6.45, 7) is 3.93. The molecule has 1 saturated heterocycles. The van der Waals surface area contributed by atoms with Crippen molar-refractivity contribution in [2.75, 3.05) is 26.7 Å². The number of likely N-dealkylation sites (tertiary alicyclic amines) is 1. The summed E-state index contributed by atoms with van der Waals surface area (Å²) >= 11 is 6.05. The summed E-state index contributed by atoms with van der Waals surface area (Å²) in [5.74, 6) is -0.107. The Morgan fingerprint density at radius 3 is 3.00 bits per heavy atom. The monoisotopic (exact) mass is 284 g/mol. The minimum Gasteiger partial charge on any atom is -0.338 e. The van der Waals surface area contributed by atoms with Crippen LogP contribution in [0.3, 0.4) is 0 Å². The molecule has 1 aliphatic rings. The van der Waals surface area contributed by atoms with Gasteiger partial charge in [0, 0.05) is 13.1 Å². The lowest BCUT2D eigenvalue weighted by atomic mass is 10.1. The highest BCUT2D eigenvalue weighted by Gasteiger charge is 2.27. The van der Waals surface area contributed by atoms with E-state index < -0.39 is 5.82 Å². The molecule has 1 unspecified atom stereocenters. The molecule has 0 bridgehead atoms. The third kappa shape index (κ3) is 3.07. The van der Waals surface area contributed by atoms with Gasteiger partial charge in [0.25, 0.3) is 5.91 Å². The Balaban J connectivity index is 2.15. The molecule has 0 saturated carbocycles. The molecule has 0 radical (unpaired) electrons. The van der Waals surface area contributed by atoms with Gasteiger partial charge in [0.15, 0.2) is 0 Å². The van der Waals surface area contributed by atoms with Crippen LogP contribution in [-0.2, 0) is 0 Å². The van der Waals surface area contributed by atoms with E-state index in [9.17, 15) is 9.18 Å². The molecule has 1 aromatic carbocycles. The van der Waals surface area contributed by atoms with Crippen LogP contribution in [-0.4, -0.2) is 37.5 Å². The van der Waals surface area contributed by atoms with Gasteiger partial charge in [0.1, 0.15) is 5.82 Å². The van der Waals surface area contributed by atoms with Crippen LogP contribution in [0, 0.1) is 18.7 Å². The lowest BCUT2D eigenvalue weighted by Gasteiger charge is -2.17. The fraction of sp³-hybridized carbons (Fsp3) is 0.500. The molecule has 0 spiro atoms. The molecule has 0 aromatic heterocycles. The van der Waals surface area contributed by atoms with Gasteiger partial charge in [-0.05, 0) is 50.6 Å². The van der Waals surface area contributed by atoms with E-state index >= 15 is 0 Å². The number of carbonyl (C=O) groups is 1. The first-order valence-electron chi connectivity index (χ1n) is 6.42. The molecular formula is C14H18ClFN2O. The van der Waals surface area contributed by atoms with Crippen LogP contribution in [0.5, 0.6) is 0 Å². The van der Waals surface area contributed by atoms with Crippen LogP contribution in [0.1, 0.15) is 22.3 Å². The van der Waals surface area contributed by atoms with Crippen molar-refractivity contribution in [1.82, 2.24) is 10.2 Å². The zero-order chi connectivity index (χ0) is 14.0. The number of aryl methyl sites for hydroxylation is 1. The number of rotatable bonds is 3. The Kier molecular flexibility index (Phi) is 4.42. The predicted octanol–water partition coefficient (Wildman–Crippen LogP) is 2.47. The Hall–Kier alpha value is -1.13. The highest BCUT2D eigenvalue weighted by Crippen LogP contribution is 2.24. The maximum Gasteiger partial charge on any atom is 0.255 e. The number of benzene rings is 1. The molecule has 1 N–H and O–H groups in total. The summed E-state index contributed by atoms with van der Waals surface area (Å²) in [6.07, 6.45) is 0.971. The van der Waals surface area contributed by atoms with E-state index in [1.807, 2.05) is 7.05 Å². The SMILES string of the molecule is CNCC1CCN(C(=O)c2cc(F)c(C)cc2Cl)C1. The molecule has 1 fully saturated rings.